The van der Waals surface area contributed by atoms with Crippen molar-refractivity contribution in [2.24, 2.45) is 0 Å². The van der Waals surface area contributed by atoms with Crippen LogP contribution in [0, 0.1) is 0 Å². The van der Waals surface area contributed by atoms with Gasteiger partial charge in [0.2, 0.25) is 5.88 Å². The molecule has 2 aromatic heterocycles. The molecule has 3 rings (SSSR count). The minimum atomic E-state index is 0.496. The Morgan fingerprint density at radius 3 is 2.85 bits per heavy atom. The van der Waals surface area contributed by atoms with Gasteiger partial charge in [0.1, 0.15) is 6.33 Å². The van der Waals surface area contributed by atoms with Crippen LogP contribution in [0.1, 0.15) is 0 Å². The van der Waals surface area contributed by atoms with Gasteiger partial charge in [-0.25, -0.2) is 14.6 Å². The molecule has 6 nitrogen and oxygen atoms in total. The summed E-state index contributed by atoms with van der Waals surface area (Å²) < 4.78 is 6.74. The zero-order chi connectivity index (χ0) is 13.9. The lowest BCUT2D eigenvalue weighted by molar-refractivity contribution is 0.396. The van der Waals surface area contributed by atoms with Gasteiger partial charge in [-0.15, -0.1) is 0 Å². The minimum absolute atomic E-state index is 0.496. The maximum absolute atomic E-state index is 5.79. The van der Waals surface area contributed by atoms with Crippen LogP contribution in [-0.2, 0) is 0 Å². The predicted molar refractivity (Wildman–Crippen MR) is 75.6 cm³/mol. The smallest absolute Gasteiger partial charge is 0.218 e. The SMILES string of the molecule is COc1cc(-n2cc(-c3cccc(N)c3)cn2)ncn1. The molecule has 0 saturated heterocycles. The molecule has 0 aliphatic rings. The van der Waals surface area contributed by atoms with Gasteiger partial charge in [0.15, 0.2) is 5.82 Å². The van der Waals surface area contributed by atoms with Crippen molar-refractivity contribution < 1.29 is 4.74 Å². The van der Waals surface area contributed by atoms with E-state index in [4.69, 9.17) is 10.5 Å². The van der Waals surface area contributed by atoms with E-state index in [1.807, 2.05) is 30.5 Å². The molecule has 0 radical (unpaired) electrons. The summed E-state index contributed by atoms with van der Waals surface area (Å²) in [5.74, 6) is 1.14. The lowest BCUT2D eigenvalue weighted by Gasteiger charge is -2.02. The van der Waals surface area contributed by atoms with E-state index in [9.17, 15) is 0 Å². The minimum Gasteiger partial charge on any atom is -0.481 e. The van der Waals surface area contributed by atoms with Gasteiger partial charge in [-0.3, -0.25) is 0 Å². The molecule has 0 unspecified atom stereocenters. The van der Waals surface area contributed by atoms with Crippen molar-refractivity contribution in [1.82, 2.24) is 19.7 Å². The topological polar surface area (TPSA) is 78.9 Å². The zero-order valence-corrected chi connectivity index (χ0v) is 10.9. The van der Waals surface area contributed by atoms with Gasteiger partial charge in [-0.1, -0.05) is 12.1 Å². The van der Waals surface area contributed by atoms with Crippen molar-refractivity contribution in [3.05, 3.63) is 49.1 Å². The molecular formula is C14H13N5O. The number of nitrogens with zero attached hydrogens (tertiary/aromatic N) is 4. The van der Waals surface area contributed by atoms with Gasteiger partial charge < -0.3 is 10.5 Å². The Balaban J connectivity index is 1.97. The lowest BCUT2D eigenvalue weighted by atomic mass is 10.1. The second-order valence-corrected chi connectivity index (χ2v) is 4.22. The van der Waals surface area contributed by atoms with Crippen LogP contribution in [0.4, 0.5) is 5.69 Å². The van der Waals surface area contributed by atoms with E-state index in [1.165, 1.54) is 6.33 Å². The highest BCUT2D eigenvalue weighted by molar-refractivity contribution is 5.66. The number of nitrogens with two attached hydrogens (primary N) is 1. The third-order valence-corrected chi connectivity index (χ3v) is 2.87. The fourth-order valence-corrected chi connectivity index (χ4v) is 1.88. The Labute approximate surface area is 115 Å². The van der Waals surface area contributed by atoms with E-state index < -0.39 is 0 Å². The fourth-order valence-electron chi connectivity index (χ4n) is 1.88. The second-order valence-electron chi connectivity index (χ2n) is 4.22. The summed E-state index contributed by atoms with van der Waals surface area (Å²) in [7, 11) is 1.56. The Kier molecular flexibility index (Phi) is 3.04. The first kappa shape index (κ1) is 12.2. The van der Waals surface area contributed by atoms with Crippen LogP contribution in [-0.4, -0.2) is 26.9 Å². The van der Waals surface area contributed by atoms with Gasteiger partial charge in [0.05, 0.1) is 13.3 Å². The van der Waals surface area contributed by atoms with Crippen LogP contribution in [0.5, 0.6) is 5.88 Å². The monoisotopic (exact) mass is 267 g/mol. The van der Waals surface area contributed by atoms with Crippen LogP contribution in [0.2, 0.25) is 0 Å². The van der Waals surface area contributed by atoms with Gasteiger partial charge >= 0.3 is 0 Å². The molecule has 0 saturated carbocycles. The molecular weight excluding hydrogens is 254 g/mol. The van der Waals surface area contributed by atoms with E-state index in [0.717, 1.165) is 16.8 Å². The lowest BCUT2D eigenvalue weighted by Crippen LogP contribution is -1.99. The molecule has 0 spiro atoms. The van der Waals surface area contributed by atoms with E-state index in [2.05, 4.69) is 15.1 Å². The van der Waals surface area contributed by atoms with E-state index in [-0.39, 0.29) is 0 Å². The molecule has 0 amide bonds. The Hall–Kier alpha value is -2.89. The van der Waals surface area contributed by atoms with Crippen LogP contribution < -0.4 is 10.5 Å². The maximum Gasteiger partial charge on any atom is 0.218 e. The summed E-state index contributed by atoms with van der Waals surface area (Å²) >= 11 is 0. The van der Waals surface area contributed by atoms with Gasteiger partial charge in [0.25, 0.3) is 0 Å². The number of rotatable bonds is 3. The summed E-state index contributed by atoms with van der Waals surface area (Å²) in [5, 5.41) is 4.30. The van der Waals surface area contributed by atoms with Crippen molar-refractivity contribution in [3.63, 3.8) is 0 Å². The maximum atomic E-state index is 5.79. The van der Waals surface area contributed by atoms with Crippen LogP contribution in [0.15, 0.2) is 49.1 Å². The highest BCUT2D eigenvalue weighted by atomic mass is 16.5. The first-order chi connectivity index (χ1) is 9.76. The van der Waals surface area contributed by atoms with E-state index in [0.29, 0.717) is 11.7 Å². The van der Waals surface area contributed by atoms with E-state index in [1.54, 1.807) is 24.1 Å². The number of anilines is 1. The van der Waals surface area contributed by atoms with Gasteiger partial charge in [-0.05, 0) is 17.7 Å². The second kappa shape index (κ2) is 5.00. The molecule has 2 heterocycles. The van der Waals surface area contributed by atoms with Gasteiger partial charge in [0, 0.05) is 23.5 Å². The summed E-state index contributed by atoms with van der Waals surface area (Å²) in [6.07, 6.45) is 5.09. The van der Waals surface area contributed by atoms with Crippen LogP contribution in [0.25, 0.3) is 16.9 Å². The number of methoxy groups -OCH3 is 1. The van der Waals surface area contributed by atoms with Crippen molar-refractivity contribution >= 4 is 5.69 Å². The van der Waals surface area contributed by atoms with Crippen molar-refractivity contribution in [1.29, 1.82) is 0 Å². The van der Waals surface area contributed by atoms with Gasteiger partial charge in [-0.2, -0.15) is 5.10 Å². The zero-order valence-electron chi connectivity index (χ0n) is 10.9. The molecule has 0 aliphatic heterocycles. The first-order valence-electron chi connectivity index (χ1n) is 6.03. The predicted octanol–water partition coefficient (Wildman–Crippen LogP) is 1.92. The van der Waals surface area contributed by atoms with Crippen molar-refractivity contribution in [2.45, 2.75) is 0 Å². The molecule has 3 aromatic rings. The van der Waals surface area contributed by atoms with Crippen molar-refractivity contribution in [2.75, 3.05) is 12.8 Å². The molecule has 0 fully saturated rings. The number of nitrogen functional groups attached to an aromatic ring is 1. The quantitative estimate of drug-likeness (QED) is 0.733. The molecule has 2 N–H and O–H groups in total. The molecule has 1 aromatic carbocycles. The Morgan fingerprint density at radius 1 is 1.15 bits per heavy atom. The first-order valence-corrected chi connectivity index (χ1v) is 6.03. The van der Waals surface area contributed by atoms with E-state index >= 15 is 0 Å². The molecule has 6 heteroatoms. The summed E-state index contributed by atoms with van der Waals surface area (Å²) in [6.45, 7) is 0. The highest BCUT2D eigenvalue weighted by Crippen LogP contribution is 2.22. The van der Waals surface area contributed by atoms with Crippen LogP contribution in [0.3, 0.4) is 0 Å². The molecule has 100 valence electrons. The number of benzene rings is 1. The summed E-state index contributed by atoms with van der Waals surface area (Å²) in [5.41, 5.74) is 8.49. The van der Waals surface area contributed by atoms with Crippen LogP contribution >= 0.6 is 0 Å². The third-order valence-electron chi connectivity index (χ3n) is 2.87. The fraction of sp³-hybridized carbons (Fsp3) is 0.0714. The average molecular weight is 267 g/mol. The highest BCUT2D eigenvalue weighted by Gasteiger charge is 2.06. The number of hydrogen-bond acceptors (Lipinski definition) is 5. The number of aromatic nitrogens is 4. The Bertz CT molecular complexity index is 738. The Morgan fingerprint density at radius 2 is 2.05 bits per heavy atom. The molecule has 20 heavy (non-hydrogen) atoms. The average Bonchev–Trinajstić information content (AvgIpc) is 2.97. The summed E-state index contributed by atoms with van der Waals surface area (Å²) in [4.78, 5) is 8.14. The third kappa shape index (κ3) is 2.31. The summed E-state index contributed by atoms with van der Waals surface area (Å²) in [6, 6.07) is 9.37. The number of ether oxygens (including phenoxy) is 1. The largest absolute Gasteiger partial charge is 0.481 e. The normalized spacial score (nSPS) is 10.4. The molecule has 0 bridgehead atoms. The standard InChI is InChI=1S/C14H13N5O/c1-20-14-6-13(16-9-17-14)19-8-11(7-18-19)10-3-2-4-12(15)5-10/h2-9H,15H2,1H3. The molecule has 0 aliphatic carbocycles. The van der Waals surface area contributed by atoms with Crippen molar-refractivity contribution in [3.8, 4) is 22.8 Å². The molecule has 0 atom stereocenters. The number of hydrogen-bond donors (Lipinski definition) is 1.